The molecule has 0 saturated heterocycles. The maximum absolute atomic E-state index is 12.4. The number of hydrogen-bond acceptors (Lipinski definition) is 3. The van der Waals surface area contributed by atoms with Crippen molar-refractivity contribution in [2.24, 2.45) is 0 Å². The molecule has 0 unspecified atom stereocenters. The van der Waals surface area contributed by atoms with Crippen LogP contribution in [0.25, 0.3) is 0 Å². The van der Waals surface area contributed by atoms with Crippen molar-refractivity contribution < 1.29 is 4.74 Å². The first kappa shape index (κ1) is 14.8. The summed E-state index contributed by atoms with van der Waals surface area (Å²) in [4.78, 5) is 12.4. The lowest BCUT2D eigenvalue weighted by atomic mass is 10.0. The second-order valence-electron chi connectivity index (χ2n) is 6.14. The quantitative estimate of drug-likeness (QED) is 0.871. The van der Waals surface area contributed by atoms with Crippen molar-refractivity contribution in [3.05, 3.63) is 56.5 Å². The first-order valence-electron chi connectivity index (χ1n) is 7.73. The van der Waals surface area contributed by atoms with Gasteiger partial charge in [0.2, 0.25) is 0 Å². The van der Waals surface area contributed by atoms with E-state index in [-0.39, 0.29) is 5.56 Å². The molecule has 1 aliphatic carbocycles. The van der Waals surface area contributed by atoms with Gasteiger partial charge in [0.15, 0.2) is 0 Å². The van der Waals surface area contributed by atoms with Gasteiger partial charge in [-0.2, -0.15) is 5.10 Å². The average molecular weight is 298 g/mol. The lowest BCUT2D eigenvalue weighted by Gasteiger charge is -2.15. The highest BCUT2D eigenvalue weighted by molar-refractivity contribution is 5.44. The van der Waals surface area contributed by atoms with Crippen LogP contribution in [-0.4, -0.2) is 16.9 Å². The Morgan fingerprint density at radius 1 is 1.27 bits per heavy atom. The third-order valence-corrected chi connectivity index (χ3v) is 4.55. The van der Waals surface area contributed by atoms with Crippen LogP contribution in [0, 0.1) is 20.8 Å². The van der Waals surface area contributed by atoms with E-state index in [9.17, 15) is 4.79 Å². The second-order valence-corrected chi connectivity index (χ2v) is 6.14. The lowest BCUT2D eigenvalue weighted by molar-refractivity contribution is 0.410. The Morgan fingerprint density at radius 2 is 2.00 bits per heavy atom. The minimum absolute atomic E-state index is 0.0193. The van der Waals surface area contributed by atoms with Crippen LogP contribution in [0.2, 0.25) is 0 Å². The molecule has 4 nitrogen and oxygen atoms in total. The monoisotopic (exact) mass is 298 g/mol. The molecule has 1 saturated carbocycles. The van der Waals surface area contributed by atoms with E-state index in [1.54, 1.807) is 17.9 Å². The van der Waals surface area contributed by atoms with E-state index in [2.05, 4.69) is 12.0 Å². The van der Waals surface area contributed by atoms with Crippen molar-refractivity contribution in [3.63, 3.8) is 0 Å². The van der Waals surface area contributed by atoms with E-state index in [0.717, 1.165) is 33.7 Å². The SMILES string of the molecule is COc1ccc(C)c(Cn2nc(C)c(C3CC3)cc2=O)c1C. The molecule has 0 aliphatic heterocycles. The molecule has 0 spiro atoms. The summed E-state index contributed by atoms with van der Waals surface area (Å²) in [5, 5.41) is 4.53. The van der Waals surface area contributed by atoms with E-state index in [4.69, 9.17) is 4.74 Å². The molecule has 1 heterocycles. The summed E-state index contributed by atoms with van der Waals surface area (Å²) in [5.41, 5.74) is 5.40. The molecule has 0 N–H and O–H groups in total. The number of rotatable bonds is 4. The molecular weight excluding hydrogens is 276 g/mol. The van der Waals surface area contributed by atoms with Gasteiger partial charge < -0.3 is 4.74 Å². The molecule has 116 valence electrons. The summed E-state index contributed by atoms with van der Waals surface area (Å²) in [6.07, 6.45) is 2.36. The largest absolute Gasteiger partial charge is 0.496 e. The Labute approximate surface area is 130 Å². The summed E-state index contributed by atoms with van der Waals surface area (Å²) in [6, 6.07) is 5.76. The van der Waals surface area contributed by atoms with Crippen LogP contribution in [0.15, 0.2) is 23.0 Å². The van der Waals surface area contributed by atoms with Gasteiger partial charge in [0.25, 0.3) is 5.56 Å². The molecule has 4 heteroatoms. The Balaban J connectivity index is 2.00. The normalized spacial score (nSPS) is 14.2. The van der Waals surface area contributed by atoms with Crippen LogP contribution >= 0.6 is 0 Å². The van der Waals surface area contributed by atoms with Crippen LogP contribution in [0.3, 0.4) is 0 Å². The Bertz CT molecular complexity index is 773. The molecule has 1 aromatic carbocycles. The topological polar surface area (TPSA) is 44.1 Å². The van der Waals surface area contributed by atoms with Gasteiger partial charge in [-0.3, -0.25) is 4.79 Å². The smallest absolute Gasteiger partial charge is 0.267 e. The van der Waals surface area contributed by atoms with Crippen molar-refractivity contribution in [2.75, 3.05) is 7.11 Å². The summed E-state index contributed by atoms with van der Waals surface area (Å²) in [7, 11) is 1.67. The predicted molar refractivity (Wildman–Crippen MR) is 86.8 cm³/mol. The molecule has 22 heavy (non-hydrogen) atoms. The number of aryl methyl sites for hydroxylation is 2. The van der Waals surface area contributed by atoms with Gasteiger partial charge in [0.05, 0.1) is 19.3 Å². The number of ether oxygens (including phenoxy) is 1. The minimum atomic E-state index is -0.0193. The van der Waals surface area contributed by atoms with Crippen LogP contribution in [0.4, 0.5) is 0 Å². The van der Waals surface area contributed by atoms with Crippen molar-refractivity contribution in [3.8, 4) is 5.75 Å². The van der Waals surface area contributed by atoms with Gasteiger partial charge >= 0.3 is 0 Å². The van der Waals surface area contributed by atoms with Crippen LogP contribution < -0.4 is 10.3 Å². The predicted octanol–water partition coefficient (Wildman–Crippen LogP) is 3.10. The number of benzene rings is 1. The third kappa shape index (κ3) is 2.65. The molecular formula is C18H22N2O2. The Hall–Kier alpha value is -2.10. The molecule has 0 atom stereocenters. The van der Waals surface area contributed by atoms with E-state index < -0.39 is 0 Å². The van der Waals surface area contributed by atoms with Crippen molar-refractivity contribution in [1.29, 1.82) is 0 Å². The van der Waals surface area contributed by atoms with Crippen LogP contribution in [-0.2, 0) is 6.54 Å². The molecule has 2 aromatic rings. The van der Waals surface area contributed by atoms with Crippen molar-refractivity contribution in [1.82, 2.24) is 9.78 Å². The first-order chi connectivity index (χ1) is 10.5. The molecule has 3 rings (SSSR count). The van der Waals surface area contributed by atoms with Crippen molar-refractivity contribution >= 4 is 0 Å². The summed E-state index contributed by atoms with van der Waals surface area (Å²) in [5.74, 6) is 1.40. The molecule has 1 fully saturated rings. The highest BCUT2D eigenvalue weighted by Gasteiger charge is 2.26. The van der Waals surface area contributed by atoms with E-state index >= 15 is 0 Å². The molecule has 0 amide bonds. The minimum Gasteiger partial charge on any atom is -0.496 e. The highest BCUT2D eigenvalue weighted by atomic mass is 16.5. The Morgan fingerprint density at radius 3 is 2.64 bits per heavy atom. The molecule has 1 aromatic heterocycles. The highest BCUT2D eigenvalue weighted by Crippen LogP contribution is 2.40. The van der Waals surface area contributed by atoms with E-state index in [1.165, 1.54) is 12.8 Å². The fourth-order valence-electron chi connectivity index (χ4n) is 3.01. The summed E-state index contributed by atoms with van der Waals surface area (Å²) in [6.45, 7) is 6.56. The third-order valence-electron chi connectivity index (χ3n) is 4.55. The Kier molecular flexibility index (Phi) is 3.77. The van der Waals surface area contributed by atoms with E-state index in [0.29, 0.717) is 12.5 Å². The fraction of sp³-hybridized carbons (Fsp3) is 0.444. The first-order valence-corrected chi connectivity index (χ1v) is 7.73. The maximum Gasteiger partial charge on any atom is 0.267 e. The zero-order valence-electron chi connectivity index (χ0n) is 13.6. The molecule has 0 bridgehead atoms. The van der Waals surface area contributed by atoms with Crippen molar-refractivity contribution in [2.45, 2.75) is 46.1 Å². The maximum atomic E-state index is 12.4. The average Bonchev–Trinajstić information content (AvgIpc) is 3.31. The second kappa shape index (κ2) is 5.59. The van der Waals surface area contributed by atoms with Crippen LogP contribution in [0.5, 0.6) is 5.75 Å². The zero-order valence-corrected chi connectivity index (χ0v) is 13.6. The van der Waals surface area contributed by atoms with Gasteiger partial charge in [0, 0.05) is 6.07 Å². The van der Waals surface area contributed by atoms with Gasteiger partial charge in [-0.1, -0.05) is 6.07 Å². The number of methoxy groups -OCH3 is 1. The molecule has 0 radical (unpaired) electrons. The fourth-order valence-corrected chi connectivity index (χ4v) is 3.01. The van der Waals surface area contributed by atoms with Gasteiger partial charge in [0.1, 0.15) is 5.75 Å². The van der Waals surface area contributed by atoms with E-state index in [1.807, 2.05) is 26.0 Å². The van der Waals surface area contributed by atoms with Gasteiger partial charge in [-0.05, 0) is 67.9 Å². The zero-order chi connectivity index (χ0) is 15.9. The van der Waals surface area contributed by atoms with Gasteiger partial charge in [-0.15, -0.1) is 0 Å². The van der Waals surface area contributed by atoms with Gasteiger partial charge in [-0.25, -0.2) is 4.68 Å². The lowest BCUT2D eigenvalue weighted by Crippen LogP contribution is -2.25. The summed E-state index contributed by atoms with van der Waals surface area (Å²) < 4.78 is 6.95. The van der Waals surface area contributed by atoms with Crippen LogP contribution in [0.1, 0.15) is 46.7 Å². The summed E-state index contributed by atoms with van der Waals surface area (Å²) >= 11 is 0. The number of nitrogens with zero attached hydrogens (tertiary/aromatic N) is 2. The standard InChI is InChI=1S/C18H22N2O2/c1-11-5-8-17(22-4)12(2)16(11)10-20-18(21)9-15(13(3)19-20)14-6-7-14/h5,8-9,14H,6-7,10H2,1-4H3. The molecule has 1 aliphatic rings. The number of aromatic nitrogens is 2. The number of hydrogen-bond donors (Lipinski definition) is 0.